The van der Waals surface area contributed by atoms with Crippen molar-refractivity contribution in [3.63, 3.8) is 0 Å². The number of carbonyl (C=O) groups excluding carboxylic acids is 1. The first-order valence-electron chi connectivity index (χ1n) is 7.38. The Morgan fingerprint density at radius 3 is 2.70 bits per heavy atom. The van der Waals surface area contributed by atoms with Crippen molar-refractivity contribution in [3.8, 4) is 0 Å². The molecule has 20 heavy (non-hydrogen) atoms. The van der Waals surface area contributed by atoms with Gasteiger partial charge in [0.25, 0.3) is 0 Å². The first-order valence-corrected chi connectivity index (χ1v) is 7.38. The van der Waals surface area contributed by atoms with Crippen LogP contribution in [0.1, 0.15) is 37.3 Å². The van der Waals surface area contributed by atoms with Gasteiger partial charge in [0.2, 0.25) is 5.91 Å². The molecular formula is C16H24N2O2. The normalized spacial score (nSPS) is 23.5. The van der Waals surface area contributed by atoms with E-state index >= 15 is 0 Å². The zero-order valence-corrected chi connectivity index (χ0v) is 11.8. The van der Waals surface area contributed by atoms with E-state index in [1.165, 1.54) is 0 Å². The molecule has 0 spiro atoms. The second kappa shape index (κ2) is 7.41. The molecule has 1 amide bonds. The van der Waals surface area contributed by atoms with Crippen molar-refractivity contribution in [2.24, 2.45) is 17.6 Å². The largest absolute Gasteiger partial charge is 0.396 e. The Morgan fingerprint density at radius 2 is 2.00 bits per heavy atom. The van der Waals surface area contributed by atoms with Crippen molar-refractivity contribution in [2.75, 3.05) is 13.2 Å². The maximum Gasteiger partial charge on any atom is 0.221 e. The minimum atomic E-state index is -0.256. The number of hydrogen-bond acceptors (Lipinski definition) is 3. The number of amides is 1. The highest BCUT2D eigenvalue weighted by Gasteiger charge is 2.26. The van der Waals surface area contributed by atoms with Gasteiger partial charge in [-0.25, -0.2) is 0 Å². The average Bonchev–Trinajstić information content (AvgIpc) is 2.93. The lowest BCUT2D eigenvalue weighted by molar-refractivity contribution is -0.121. The molecule has 4 N–H and O–H groups in total. The topological polar surface area (TPSA) is 75.4 Å². The lowest BCUT2D eigenvalue weighted by Gasteiger charge is -2.18. The quantitative estimate of drug-likeness (QED) is 0.738. The predicted molar refractivity (Wildman–Crippen MR) is 78.9 cm³/mol. The average molecular weight is 276 g/mol. The summed E-state index contributed by atoms with van der Waals surface area (Å²) in [6.45, 7) is 0.885. The van der Waals surface area contributed by atoms with E-state index in [-0.39, 0.29) is 18.6 Å². The maximum atomic E-state index is 11.9. The van der Waals surface area contributed by atoms with E-state index in [1.54, 1.807) is 0 Å². The van der Waals surface area contributed by atoms with Gasteiger partial charge in [-0.05, 0) is 30.2 Å². The van der Waals surface area contributed by atoms with E-state index in [0.29, 0.717) is 24.8 Å². The maximum absolute atomic E-state index is 11.9. The lowest BCUT2D eigenvalue weighted by Crippen LogP contribution is -2.33. The summed E-state index contributed by atoms with van der Waals surface area (Å²) in [6, 6.07) is 9.42. The molecule has 0 radical (unpaired) electrons. The Kier molecular flexibility index (Phi) is 5.56. The number of nitrogens with two attached hydrogens (primary N) is 1. The Balaban J connectivity index is 1.75. The summed E-state index contributed by atoms with van der Waals surface area (Å²) in [6.07, 6.45) is 3.62. The Morgan fingerprint density at radius 1 is 1.30 bits per heavy atom. The fourth-order valence-electron chi connectivity index (χ4n) is 2.96. The van der Waals surface area contributed by atoms with Crippen molar-refractivity contribution in [3.05, 3.63) is 35.9 Å². The number of hydrogen-bond donors (Lipinski definition) is 3. The molecule has 3 unspecified atom stereocenters. The molecule has 4 heteroatoms. The molecule has 0 saturated heterocycles. The standard InChI is InChI=1S/C16H24N2O2/c17-15(12-5-2-1-3-6-12)9-16(20)18-10-13-7-4-8-14(13)11-19/h1-3,5-6,13-15,19H,4,7-11,17H2,(H,18,20). The smallest absolute Gasteiger partial charge is 0.221 e. The fourth-order valence-corrected chi connectivity index (χ4v) is 2.96. The van der Waals surface area contributed by atoms with Gasteiger partial charge >= 0.3 is 0 Å². The highest BCUT2D eigenvalue weighted by Crippen LogP contribution is 2.30. The zero-order valence-electron chi connectivity index (χ0n) is 11.8. The molecule has 3 atom stereocenters. The van der Waals surface area contributed by atoms with Crippen LogP contribution < -0.4 is 11.1 Å². The second-order valence-electron chi connectivity index (χ2n) is 5.66. The summed E-state index contributed by atoms with van der Waals surface area (Å²) in [4.78, 5) is 11.9. The Labute approximate surface area is 120 Å². The number of nitrogens with one attached hydrogen (secondary N) is 1. The first-order chi connectivity index (χ1) is 9.70. The van der Waals surface area contributed by atoms with E-state index in [0.717, 1.165) is 24.8 Å². The number of carbonyl (C=O) groups is 1. The minimum Gasteiger partial charge on any atom is -0.396 e. The van der Waals surface area contributed by atoms with Crippen LogP contribution in [-0.2, 0) is 4.79 Å². The van der Waals surface area contributed by atoms with Gasteiger partial charge in [0.1, 0.15) is 0 Å². The van der Waals surface area contributed by atoms with Gasteiger partial charge < -0.3 is 16.2 Å². The molecule has 0 heterocycles. The molecule has 1 aliphatic carbocycles. The van der Waals surface area contributed by atoms with Crippen molar-refractivity contribution < 1.29 is 9.90 Å². The summed E-state index contributed by atoms with van der Waals surface area (Å²) in [5.41, 5.74) is 7.02. The predicted octanol–water partition coefficient (Wildman–Crippen LogP) is 1.60. The third-order valence-electron chi connectivity index (χ3n) is 4.25. The third kappa shape index (κ3) is 4.05. The van der Waals surface area contributed by atoms with Crippen LogP contribution in [0.15, 0.2) is 30.3 Å². The van der Waals surface area contributed by atoms with E-state index in [4.69, 9.17) is 5.73 Å². The first kappa shape index (κ1) is 15.0. The van der Waals surface area contributed by atoms with Crippen LogP contribution in [0.2, 0.25) is 0 Å². The summed E-state index contributed by atoms with van der Waals surface area (Å²) >= 11 is 0. The third-order valence-corrected chi connectivity index (χ3v) is 4.25. The SMILES string of the molecule is NC(CC(=O)NCC1CCCC1CO)c1ccccc1. The van der Waals surface area contributed by atoms with Crippen LogP contribution >= 0.6 is 0 Å². The molecule has 1 saturated carbocycles. The monoisotopic (exact) mass is 276 g/mol. The molecule has 1 fully saturated rings. The van der Waals surface area contributed by atoms with Crippen LogP contribution in [0.25, 0.3) is 0 Å². The van der Waals surface area contributed by atoms with Crippen LogP contribution in [0.3, 0.4) is 0 Å². The van der Waals surface area contributed by atoms with Crippen molar-refractivity contribution in [1.29, 1.82) is 0 Å². The highest BCUT2D eigenvalue weighted by atomic mass is 16.3. The van der Waals surface area contributed by atoms with Gasteiger partial charge in [0.15, 0.2) is 0 Å². The molecule has 4 nitrogen and oxygen atoms in total. The molecule has 0 bridgehead atoms. The molecule has 0 aliphatic heterocycles. The molecule has 0 aromatic heterocycles. The summed E-state index contributed by atoms with van der Waals surface area (Å²) < 4.78 is 0. The van der Waals surface area contributed by atoms with Crippen LogP contribution in [0, 0.1) is 11.8 Å². The lowest BCUT2D eigenvalue weighted by atomic mass is 9.97. The highest BCUT2D eigenvalue weighted by molar-refractivity contribution is 5.76. The molecule has 1 aromatic rings. The number of benzene rings is 1. The summed E-state index contributed by atoms with van der Waals surface area (Å²) in [5.74, 6) is 0.750. The van der Waals surface area contributed by atoms with E-state index in [9.17, 15) is 9.90 Å². The van der Waals surface area contributed by atoms with Gasteiger partial charge in [-0.1, -0.05) is 36.8 Å². The Bertz CT molecular complexity index is 422. The number of aliphatic hydroxyl groups is 1. The molecule has 1 aliphatic rings. The fraction of sp³-hybridized carbons (Fsp3) is 0.562. The van der Waals surface area contributed by atoms with E-state index in [1.807, 2.05) is 30.3 Å². The van der Waals surface area contributed by atoms with Gasteiger partial charge in [-0.2, -0.15) is 0 Å². The van der Waals surface area contributed by atoms with Gasteiger partial charge in [-0.15, -0.1) is 0 Å². The Hall–Kier alpha value is -1.39. The molecule has 1 aromatic carbocycles. The number of rotatable bonds is 6. The zero-order chi connectivity index (χ0) is 14.4. The van der Waals surface area contributed by atoms with Crippen molar-refractivity contribution >= 4 is 5.91 Å². The summed E-state index contributed by atoms with van der Waals surface area (Å²) in [5, 5.41) is 12.2. The van der Waals surface area contributed by atoms with Crippen LogP contribution in [-0.4, -0.2) is 24.2 Å². The van der Waals surface area contributed by atoms with Crippen LogP contribution in [0.4, 0.5) is 0 Å². The van der Waals surface area contributed by atoms with Crippen molar-refractivity contribution in [2.45, 2.75) is 31.7 Å². The molecule has 2 rings (SSSR count). The van der Waals surface area contributed by atoms with Gasteiger partial charge in [0.05, 0.1) is 0 Å². The molecular weight excluding hydrogens is 252 g/mol. The molecule has 110 valence electrons. The van der Waals surface area contributed by atoms with E-state index in [2.05, 4.69) is 5.32 Å². The minimum absolute atomic E-state index is 0.00931. The van der Waals surface area contributed by atoms with Gasteiger partial charge in [0, 0.05) is 25.6 Å². The van der Waals surface area contributed by atoms with Crippen LogP contribution in [0.5, 0.6) is 0 Å². The summed E-state index contributed by atoms with van der Waals surface area (Å²) in [7, 11) is 0. The van der Waals surface area contributed by atoms with Crippen molar-refractivity contribution in [1.82, 2.24) is 5.32 Å². The second-order valence-corrected chi connectivity index (χ2v) is 5.66. The number of aliphatic hydroxyl groups excluding tert-OH is 1. The van der Waals surface area contributed by atoms with Gasteiger partial charge in [-0.3, -0.25) is 4.79 Å². The van der Waals surface area contributed by atoms with E-state index < -0.39 is 0 Å².